The van der Waals surface area contributed by atoms with E-state index in [1.54, 1.807) is 12.1 Å². The number of phenols is 1. The van der Waals surface area contributed by atoms with E-state index in [1.807, 2.05) is 18.2 Å². The second kappa shape index (κ2) is 8.68. The van der Waals surface area contributed by atoms with E-state index < -0.39 is 5.91 Å². The van der Waals surface area contributed by atoms with E-state index in [1.165, 1.54) is 17.8 Å². The van der Waals surface area contributed by atoms with Gasteiger partial charge in [-0.15, -0.1) is 0 Å². The maximum absolute atomic E-state index is 11.9. The van der Waals surface area contributed by atoms with E-state index in [0.29, 0.717) is 11.3 Å². The van der Waals surface area contributed by atoms with Crippen molar-refractivity contribution in [2.75, 3.05) is 6.61 Å². The standard InChI is InChI=1S/C19H20Br2N2O3/c1-19(2,3)13-4-7-17(15(21)9-13)26-11-18(25)23-22-10-12-8-14(20)5-6-16(12)24/h4-10,24H,11H2,1-3H3,(H,23,25)/b22-10-. The van der Waals surface area contributed by atoms with Crippen LogP contribution in [-0.2, 0) is 10.2 Å². The first-order valence-electron chi connectivity index (χ1n) is 7.90. The van der Waals surface area contributed by atoms with Gasteiger partial charge in [-0.25, -0.2) is 5.43 Å². The van der Waals surface area contributed by atoms with E-state index >= 15 is 0 Å². The number of hydrogen-bond acceptors (Lipinski definition) is 4. The molecule has 7 heteroatoms. The van der Waals surface area contributed by atoms with Crippen molar-refractivity contribution in [3.8, 4) is 11.5 Å². The fraction of sp³-hybridized carbons (Fsp3) is 0.263. The van der Waals surface area contributed by atoms with Crippen LogP contribution < -0.4 is 10.2 Å². The van der Waals surface area contributed by atoms with Crippen LogP contribution in [0.2, 0.25) is 0 Å². The predicted octanol–water partition coefficient (Wildman–Crippen LogP) is 4.74. The van der Waals surface area contributed by atoms with E-state index in [0.717, 1.165) is 8.95 Å². The van der Waals surface area contributed by atoms with Crippen LogP contribution in [0.1, 0.15) is 31.9 Å². The number of phenolic OH excluding ortho intramolecular Hbond substituents is 1. The minimum atomic E-state index is -0.400. The molecule has 0 aliphatic rings. The van der Waals surface area contributed by atoms with Gasteiger partial charge in [0.05, 0.1) is 10.7 Å². The number of carbonyl (C=O) groups excluding carboxylic acids is 1. The van der Waals surface area contributed by atoms with Gasteiger partial charge in [0.15, 0.2) is 6.61 Å². The molecule has 1 amide bonds. The van der Waals surface area contributed by atoms with Gasteiger partial charge in [-0.2, -0.15) is 5.10 Å². The summed E-state index contributed by atoms with van der Waals surface area (Å²) >= 11 is 6.78. The number of benzene rings is 2. The summed E-state index contributed by atoms with van der Waals surface area (Å²) in [6, 6.07) is 10.7. The Morgan fingerprint density at radius 3 is 2.62 bits per heavy atom. The molecule has 0 atom stereocenters. The van der Waals surface area contributed by atoms with Crippen LogP contribution in [0.5, 0.6) is 11.5 Å². The van der Waals surface area contributed by atoms with Crippen LogP contribution in [0.4, 0.5) is 0 Å². The fourth-order valence-electron chi connectivity index (χ4n) is 2.06. The van der Waals surface area contributed by atoms with Crippen molar-refractivity contribution in [1.82, 2.24) is 5.43 Å². The Kier molecular flexibility index (Phi) is 6.83. The Balaban J connectivity index is 1.91. The summed E-state index contributed by atoms with van der Waals surface area (Å²) in [5.74, 6) is 0.259. The monoisotopic (exact) mass is 482 g/mol. The molecule has 0 aliphatic carbocycles. The lowest BCUT2D eigenvalue weighted by molar-refractivity contribution is -0.123. The summed E-state index contributed by atoms with van der Waals surface area (Å²) < 4.78 is 7.11. The molecular weight excluding hydrogens is 464 g/mol. The molecule has 5 nitrogen and oxygen atoms in total. The highest BCUT2D eigenvalue weighted by atomic mass is 79.9. The van der Waals surface area contributed by atoms with Crippen LogP contribution in [-0.4, -0.2) is 23.8 Å². The molecule has 2 aromatic carbocycles. The summed E-state index contributed by atoms with van der Waals surface area (Å²) in [6.45, 7) is 6.22. The van der Waals surface area contributed by atoms with Gasteiger partial charge in [0, 0.05) is 10.0 Å². The zero-order valence-electron chi connectivity index (χ0n) is 14.7. The first-order chi connectivity index (χ1) is 12.2. The van der Waals surface area contributed by atoms with Gasteiger partial charge in [0.1, 0.15) is 11.5 Å². The van der Waals surface area contributed by atoms with Crippen molar-refractivity contribution in [2.24, 2.45) is 5.10 Å². The number of halogens is 2. The summed E-state index contributed by atoms with van der Waals surface area (Å²) in [5, 5.41) is 13.5. The highest BCUT2D eigenvalue weighted by Gasteiger charge is 2.15. The van der Waals surface area contributed by atoms with Crippen molar-refractivity contribution < 1.29 is 14.6 Å². The molecule has 0 aliphatic heterocycles. The Morgan fingerprint density at radius 1 is 1.23 bits per heavy atom. The van der Waals surface area contributed by atoms with Crippen LogP contribution in [0.25, 0.3) is 0 Å². The van der Waals surface area contributed by atoms with Gasteiger partial charge in [-0.3, -0.25) is 4.79 Å². The summed E-state index contributed by atoms with van der Waals surface area (Å²) in [5.41, 5.74) is 4.05. The second-order valence-electron chi connectivity index (χ2n) is 6.68. The summed E-state index contributed by atoms with van der Waals surface area (Å²) in [4.78, 5) is 11.9. The molecule has 2 rings (SSSR count). The third-order valence-electron chi connectivity index (χ3n) is 3.54. The number of carbonyl (C=O) groups is 1. The molecule has 26 heavy (non-hydrogen) atoms. The van der Waals surface area contributed by atoms with Gasteiger partial charge in [-0.1, -0.05) is 42.8 Å². The number of rotatable bonds is 5. The molecule has 0 heterocycles. The molecule has 0 spiro atoms. The maximum atomic E-state index is 11.9. The number of amides is 1. The number of ether oxygens (including phenoxy) is 1. The van der Waals surface area contributed by atoms with Crippen LogP contribution in [0.3, 0.4) is 0 Å². The fourth-order valence-corrected chi connectivity index (χ4v) is 2.93. The quantitative estimate of drug-likeness (QED) is 0.476. The Bertz CT molecular complexity index is 830. The predicted molar refractivity (Wildman–Crippen MR) is 110 cm³/mol. The van der Waals surface area contributed by atoms with Crippen molar-refractivity contribution in [1.29, 1.82) is 0 Å². The molecule has 2 aromatic rings. The molecular formula is C19H20Br2N2O3. The first-order valence-corrected chi connectivity index (χ1v) is 9.48. The second-order valence-corrected chi connectivity index (χ2v) is 8.45. The highest BCUT2D eigenvalue weighted by molar-refractivity contribution is 9.10. The Hall–Kier alpha value is -1.86. The molecule has 0 radical (unpaired) electrons. The average Bonchev–Trinajstić information content (AvgIpc) is 2.56. The zero-order valence-corrected chi connectivity index (χ0v) is 17.9. The first kappa shape index (κ1) is 20.5. The number of aromatic hydroxyl groups is 1. The SMILES string of the molecule is CC(C)(C)c1ccc(OCC(=O)N/N=C\c2cc(Br)ccc2O)c(Br)c1. The lowest BCUT2D eigenvalue weighted by Crippen LogP contribution is -2.24. The van der Waals surface area contributed by atoms with Crippen LogP contribution in [0, 0.1) is 0 Å². The van der Waals surface area contributed by atoms with Crippen LogP contribution >= 0.6 is 31.9 Å². The molecule has 0 bridgehead atoms. The molecule has 138 valence electrons. The number of nitrogens with zero attached hydrogens (tertiary/aromatic N) is 1. The normalized spacial score (nSPS) is 11.6. The Labute approximate surface area is 169 Å². The smallest absolute Gasteiger partial charge is 0.277 e. The lowest BCUT2D eigenvalue weighted by Gasteiger charge is -2.20. The Morgan fingerprint density at radius 2 is 1.96 bits per heavy atom. The highest BCUT2D eigenvalue weighted by Crippen LogP contribution is 2.31. The lowest BCUT2D eigenvalue weighted by atomic mass is 9.87. The van der Waals surface area contributed by atoms with Crippen molar-refractivity contribution in [2.45, 2.75) is 26.2 Å². The van der Waals surface area contributed by atoms with Gasteiger partial charge in [0.25, 0.3) is 5.91 Å². The minimum absolute atomic E-state index is 0.0329. The minimum Gasteiger partial charge on any atom is -0.507 e. The van der Waals surface area contributed by atoms with Gasteiger partial charge >= 0.3 is 0 Å². The topological polar surface area (TPSA) is 70.9 Å². The van der Waals surface area contributed by atoms with Gasteiger partial charge in [-0.05, 0) is 57.2 Å². The zero-order chi connectivity index (χ0) is 19.3. The van der Waals surface area contributed by atoms with Crippen LogP contribution in [0.15, 0.2) is 50.4 Å². The number of hydrogen-bond donors (Lipinski definition) is 2. The van der Waals surface area contributed by atoms with Gasteiger partial charge in [0.2, 0.25) is 0 Å². The molecule has 0 aromatic heterocycles. The third kappa shape index (κ3) is 5.85. The number of nitrogens with one attached hydrogen (secondary N) is 1. The van der Waals surface area contributed by atoms with Crippen molar-refractivity contribution >= 4 is 44.0 Å². The van der Waals surface area contributed by atoms with E-state index in [-0.39, 0.29) is 17.8 Å². The van der Waals surface area contributed by atoms with Crippen molar-refractivity contribution in [3.63, 3.8) is 0 Å². The molecule has 2 N–H and O–H groups in total. The van der Waals surface area contributed by atoms with E-state index in [9.17, 15) is 9.90 Å². The van der Waals surface area contributed by atoms with E-state index in [2.05, 4.69) is 63.2 Å². The van der Waals surface area contributed by atoms with Crippen molar-refractivity contribution in [3.05, 3.63) is 56.5 Å². The molecule has 0 saturated heterocycles. The molecule has 0 unspecified atom stereocenters. The summed E-state index contributed by atoms with van der Waals surface area (Å²) in [7, 11) is 0. The summed E-state index contributed by atoms with van der Waals surface area (Å²) in [6.07, 6.45) is 1.37. The molecule has 0 fully saturated rings. The largest absolute Gasteiger partial charge is 0.507 e. The average molecular weight is 484 g/mol. The molecule has 0 saturated carbocycles. The van der Waals surface area contributed by atoms with Gasteiger partial charge < -0.3 is 9.84 Å². The van der Waals surface area contributed by atoms with E-state index in [4.69, 9.17) is 4.74 Å². The maximum Gasteiger partial charge on any atom is 0.277 e. The number of hydrazone groups is 1. The third-order valence-corrected chi connectivity index (χ3v) is 4.65.